The summed E-state index contributed by atoms with van der Waals surface area (Å²) < 4.78 is 1.89. The third-order valence-corrected chi connectivity index (χ3v) is 5.85. The highest BCUT2D eigenvalue weighted by Gasteiger charge is 2.24. The van der Waals surface area contributed by atoms with Crippen LogP contribution in [0.1, 0.15) is 23.2 Å². The molecule has 0 N–H and O–H groups in total. The van der Waals surface area contributed by atoms with E-state index >= 15 is 0 Å². The predicted octanol–water partition coefficient (Wildman–Crippen LogP) is 4.27. The van der Waals surface area contributed by atoms with E-state index in [2.05, 4.69) is 47.8 Å². The molecule has 6 heteroatoms. The van der Waals surface area contributed by atoms with Crippen LogP contribution in [0, 0.1) is 0 Å². The molecule has 0 spiro atoms. The molecule has 0 unspecified atom stereocenters. The van der Waals surface area contributed by atoms with Gasteiger partial charge in [0.05, 0.1) is 13.1 Å². The van der Waals surface area contributed by atoms with Crippen molar-refractivity contribution in [3.8, 4) is 0 Å². The minimum absolute atomic E-state index is 0.133. The van der Waals surface area contributed by atoms with Crippen molar-refractivity contribution in [2.75, 3.05) is 13.1 Å². The van der Waals surface area contributed by atoms with E-state index < -0.39 is 0 Å². The van der Waals surface area contributed by atoms with Gasteiger partial charge in [0.15, 0.2) is 0 Å². The number of carbonyl (C=O) groups is 1. The molecule has 1 aliphatic rings. The van der Waals surface area contributed by atoms with Crippen molar-refractivity contribution >= 4 is 65.0 Å². The molecule has 2 rings (SSSR count). The SMILES string of the molecule is O=C(c1cc(Br)sc1Br)N1CCC(Br)CC1. The van der Waals surface area contributed by atoms with Crippen molar-refractivity contribution in [1.82, 2.24) is 4.90 Å². The van der Waals surface area contributed by atoms with Crippen molar-refractivity contribution < 1.29 is 4.79 Å². The average Bonchev–Trinajstić information content (AvgIpc) is 2.58. The van der Waals surface area contributed by atoms with Gasteiger partial charge in [-0.05, 0) is 50.8 Å². The highest BCUT2D eigenvalue weighted by atomic mass is 79.9. The van der Waals surface area contributed by atoms with Crippen LogP contribution < -0.4 is 0 Å². The Morgan fingerprint density at radius 3 is 2.50 bits per heavy atom. The lowest BCUT2D eigenvalue weighted by molar-refractivity contribution is 0.0728. The van der Waals surface area contributed by atoms with Gasteiger partial charge in [-0.2, -0.15) is 0 Å². The first-order valence-corrected chi connectivity index (χ1v) is 8.28. The summed E-state index contributed by atoms with van der Waals surface area (Å²) in [4.78, 5) is 14.7. The van der Waals surface area contributed by atoms with Crippen molar-refractivity contribution in [2.24, 2.45) is 0 Å². The molecule has 0 atom stereocenters. The normalized spacial score (nSPS) is 17.8. The summed E-state index contributed by atoms with van der Waals surface area (Å²) in [6, 6.07) is 1.89. The Labute approximate surface area is 124 Å². The number of thiophene rings is 1. The maximum Gasteiger partial charge on any atom is 0.255 e. The molecule has 1 aliphatic heterocycles. The standard InChI is InChI=1S/C10H10Br3NOS/c11-6-1-3-14(4-2-6)10(15)7-5-8(12)16-9(7)13/h5-6H,1-4H2. The van der Waals surface area contributed by atoms with Gasteiger partial charge in [-0.15, -0.1) is 11.3 Å². The first-order chi connectivity index (χ1) is 7.58. The number of piperidine rings is 1. The van der Waals surface area contributed by atoms with Crippen molar-refractivity contribution in [2.45, 2.75) is 17.7 Å². The predicted molar refractivity (Wildman–Crippen MR) is 77.6 cm³/mol. The smallest absolute Gasteiger partial charge is 0.255 e. The van der Waals surface area contributed by atoms with E-state index in [4.69, 9.17) is 0 Å². The Hall–Kier alpha value is 0.610. The van der Waals surface area contributed by atoms with Crippen molar-refractivity contribution in [3.05, 3.63) is 19.2 Å². The molecular weight excluding hydrogens is 422 g/mol. The maximum absolute atomic E-state index is 12.2. The number of likely N-dealkylation sites (tertiary alicyclic amines) is 1. The Morgan fingerprint density at radius 2 is 2.00 bits per heavy atom. The van der Waals surface area contributed by atoms with E-state index in [1.165, 1.54) is 11.3 Å². The Kier molecular flexibility index (Phi) is 4.49. The molecule has 2 heterocycles. The molecule has 1 aromatic rings. The summed E-state index contributed by atoms with van der Waals surface area (Å²) in [5.74, 6) is 0.133. The van der Waals surface area contributed by atoms with Gasteiger partial charge in [-0.25, -0.2) is 0 Å². The molecule has 1 aromatic heterocycles. The van der Waals surface area contributed by atoms with Gasteiger partial charge in [0, 0.05) is 17.9 Å². The molecule has 88 valence electrons. The van der Waals surface area contributed by atoms with Crippen LogP contribution in [0.5, 0.6) is 0 Å². The van der Waals surface area contributed by atoms with Gasteiger partial charge < -0.3 is 4.90 Å². The summed E-state index contributed by atoms with van der Waals surface area (Å²) in [5, 5.41) is 0. The Balaban J connectivity index is 2.10. The van der Waals surface area contributed by atoms with E-state index in [9.17, 15) is 4.79 Å². The van der Waals surface area contributed by atoms with Crippen LogP contribution in [-0.2, 0) is 0 Å². The van der Waals surface area contributed by atoms with Gasteiger partial charge >= 0.3 is 0 Å². The van der Waals surface area contributed by atoms with Gasteiger partial charge in [0.1, 0.15) is 0 Å². The summed E-state index contributed by atoms with van der Waals surface area (Å²) in [6.45, 7) is 1.68. The third-order valence-electron chi connectivity index (χ3n) is 2.60. The first kappa shape index (κ1) is 13.1. The molecule has 1 saturated heterocycles. The Bertz CT molecular complexity index is 399. The molecular formula is C10H10Br3NOS. The molecule has 1 fully saturated rings. The van der Waals surface area contributed by atoms with Crippen LogP contribution in [0.15, 0.2) is 13.6 Å². The van der Waals surface area contributed by atoms with Gasteiger partial charge in [0.25, 0.3) is 5.91 Å². The largest absolute Gasteiger partial charge is 0.339 e. The van der Waals surface area contributed by atoms with Gasteiger partial charge in [-0.1, -0.05) is 15.9 Å². The highest BCUT2D eigenvalue weighted by Crippen LogP contribution is 2.33. The van der Waals surface area contributed by atoms with E-state index in [0.29, 0.717) is 4.83 Å². The van der Waals surface area contributed by atoms with Crippen LogP contribution in [0.2, 0.25) is 0 Å². The number of rotatable bonds is 1. The maximum atomic E-state index is 12.2. The zero-order chi connectivity index (χ0) is 11.7. The van der Waals surface area contributed by atoms with E-state index in [1.54, 1.807) is 0 Å². The second kappa shape index (κ2) is 5.50. The topological polar surface area (TPSA) is 20.3 Å². The zero-order valence-corrected chi connectivity index (χ0v) is 14.0. The quantitative estimate of drug-likeness (QED) is 0.608. The van der Waals surface area contributed by atoms with E-state index in [1.807, 2.05) is 11.0 Å². The zero-order valence-electron chi connectivity index (χ0n) is 8.38. The Morgan fingerprint density at radius 1 is 1.38 bits per heavy atom. The fourth-order valence-corrected chi connectivity index (χ4v) is 4.89. The molecule has 1 amide bonds. The lowest BCUT2D eigenvalue weighted by Crippen LogP contribution is -2.38. The number of hydrogen-bond donors (Lipinski definition) is 0. The average molecular weight is 432 g/mol. The minimum Gasteiger partial charge on any atom is -0.339 e. The number of halogens is 3. The van der Waals surface area contributed by atoms with Crippen LogP contribution in [0.4, 0.5) is 0 Å². The summed E-state index contributed by atoms with van der Waals surface area (Å²) >= 11 is 11.9. The number of alkyl halides is 1. The molecule has 16 heavy (non-hydrogen) atoms. The fraction of sp³-hybridized carbons (Fsp3) is 0.500. The number of hydrogen-bond acceptors (Lipinski definition) is 2. The van der Waals surface area contributed by atoms with Gasteiger partial charge in [0.2, 0.25) is 0 Å². The van der Waals surface area contributed by atoms with Crippen LogP contribution in [-0.4, -0.2) is 28.7 Å². The number of amides is 1. The number of carbonyl (C=O) groups excluding carboxylic acids is 1. The van der Waals surface area contributed by atoms with Crippen molar-refractivity contribution in [1.29, 1.82) is 0 Å². The second-order valence-corrected chi connectivity index (χ2v) is 8.75. The molecule has 0 aromatic carbocycles. The summed E-state index contributed by atoms with van der Waals surface area (Å²) in [5.41, 5.74) is 0.768. The van der Waals surface area contributed by atoms with Crippen LogP contribution in [0.25, 0.3) is 0 Å². The van der Waals surface area contributed by atoms with E-state index in [0.717, 1.165) is 39.1 Å². The minimum atomic E-state index is 0.133. The number of nitrogens with zero attached hydrogens (tertiary/aromatic N) is 1. The summed E-state index contributed by atoms with van der Waals surface area (Å²) in [6.07, 6.45) is 2.07. The second-order valence-electron chi connectivity index (χ2n) is 3.70. The van der Waals surface area contributed by atoms with Crippen LogP contribution >= 0.6 is 59.1 Å². The van der Waals surface area contributed by atoms with E-state index in [-0.39, 0.29) is 5.91 Å². The molecule has 0 saturated carbocycles. The monoisotopic (exact) mass is 429 g/mol. The third kappa shape index (κ3) is 2.89. The highest BCUT2D eigenvalue weighted by molar-refractivity contribution is 9.12. The fourth-order valence-electron chi connectivity index (χ4n) is 1.71. The molecule has 0 radical (unpaired) electrons. The van der Waals surface area contributed by atoms with Crippen LogP contribution in [0.3, 0.4) is 0 Å². The van der Waals surface area contributed by atoms with Crippen molar-refractivity contribution in [3.63, 3.8) is 0 Å². The summed E-state index contributed by atoms with van der Waals surface area (Å²) in [7, 11) is 0. The first-order valence-electron chi connectivity index (χ1n) is 4.96. The molecule has 0 bridgehead atoms. The molecule has 0 aliphatic carbocycles. The lowest BCUT2D eigenvalue weighted by atomic mass is 10.1. The molecule has 2 nitrogen and oxygen atoms in total. The lowest BCUT2D eigenvalue weighted by Gasteiger charge is -2.29. The van der Waals surface area contributed by atoms with Gasteiger partial charge in [-0.3, -0.25) is 4.79 Å².